The van der Waals surface area contributed by atoms with Crippen LogP contribution in [-0.4, -0.2) is 30.9 Å². The molecule has 172 valence electrons. The van der Waals surface area contributed by atoms with Gasteiger partial charge in [0.15, 0.2) is 0 Å². The number of urea groups is 1. The molecule has 0 aliphatic carbocycles. The molecule has 2 aromatic rings. The monoisotopic (exact) mass is 463 g/mol. The Balaban J connectivity index is 2.38. The Hall–Kier alpha value is -3.37. The van der Waals surface area contributed by atoms with E-state index in [9.17, 15) is 10.1 Å². The van der Waals surface area contributed by atoms with Crippen LogP contribution in [0.15, 0.2) is 64.8 Å². The number of hydrogen-bond acceptors (Lipinski definition) is 5. The summed E-state index contributed by atoms with van der Waals surface area (Å²) in [7, 11) is 3.22. The van der Waals surface area contributed by atoms with E-state index < -0.39 is 11.9 Å². The van der Waals surface area contributed by atoms with Gasteiger partial charge in [-0.25, -0.2) is 4.79 Å². The van der Waals surface area contributed by atoms with Gasteiger partial charge in [0.05, 0.1) is 36.8 Å². The first-order valence-corrected chi connectivity index (χ1v) is 11.8. The average molecular weight is 464 g/mol. The van der Waals surface area contributed by atoms with Gasteiger partial charge in [-0.15, -0.1) is 11.8 Å². The largest absolute Gasteiger partial charge is 0.496 e. The first-order valence-electron chi connectivity index (χ1n) is 10.8. The van der Waals surface area contributed by atoms with E-state index in [1.165, 1.54) is 16.7 Å². The van der Waals surface area contributed by atoms with Crippen molar-refractivity contribution in [3.63, 3.8) is 0 Å². The number of unbranched alkanes of at least 4 members (excludes halogenated alkanes) is 1. The third-order valence-electron chi connectivity index (χ3n) is 5.66. The van der Waals surface area contributed by atoms with Gasteiger partial charge in [-0.1, -0.05) is 49.7 Å². The molecule has 0 saturated heterocycles. The number of rotatable bonds is 8. The van der Waals surface area contributed by atoms with Crippen LogP contribution in [0.1, 0.15) is 43.7 Å². The van der Waals surface area contributed by atoms with Gasteiger partial charge in [0.1, 0.15) is 11.5 Å². The Kier molecular flexibility index (Phi) is 8.07. The molecule has 1 unspecified atom stereocenters. The quantitative estimate of drug-likeness (QED) is 0.494. The van der Waals surface area contributed by atoms with Crippen LogP contribution in [0.4, 0.5) is 4.79 Å². The van der Waals surface area contributed by atoms with Gasteiger partial charge in [-0.3, -0.25) is 4.90 Å². The van der Waals surface area contributed by atoms with Crippen molar-refractivity contribution in [3.05, 3.63) is 76.0 Å². The van der Waals surface area contributed by atoms with Gasteiger partial charge in [0.25, 0.3) is 0 Å². The lowest BCUT2D eigenvalue weighted by molar-refractivity contribution is 0.231. The van der Waals surface area contributed by atoms with E-state index in [0.29, 0.717) is 27.8 Å². The minimum atomic E-state index is -0.620. The highest BCUT2D eigenvalue weighted by molar-refractivity contribution is 8.03. The third kappa shape index (κ3) is 4.71. The fourth-order valence-electron chi connectivity index (χ4n) is 4.14. The van der Waals surface area contributed by atoms with Gasteiger partial charge in [0, 0.05) is 16.8 Å². The molecular formula is C26H29N3O3S. The fraction of sp³-hybridized carbons (Fsp3) is 0.308. The van der Waals surface area contributed by atoms with Crippen molar-refractivity contribution >= 4 is 23.4 Å². The number of para-hydroxylation sites is 2. The number of ether oxygens (including phenoxy) is 2. The molecule has 3 rings (SSSR count). The normalized spacial score (nSPS) is 16.0. The summed E-state index contributed by atoms with van der Waals surface area (Å²) in [5, 5.41) is 11.0. The lowest BCUT2D eigenvalue weighted by Gasteiger charge is -2.37. The molecule has 33 heavy (non-hydrogen) atoms. The van der Waals surface area contributed by atoms with Crippen molar-refractivity contribution in [2.45, 2.75) is 32.6 Å². The van der Waals surface area contributed by atoms with E-state index in [0.717, 1.165) is 35.3 Å². The minimum Gasteiger partial charge on any atom is -0.496 e. The van der Waals surface area contributed by atoms with E-state index in [1.54, 1.807) is 14.2 Å². The van der Waals surface area contributed by atoms with Crippen LogP contribution in [-0.2, 0) is 0 Å². The van der Waals surface area contributed by atoms with Crippen molar-refractivity contribution < 1.29 is 14.3 Å². The molecule has 1 atom stereocenters. The number of carbonyl (C=O) groups is 1. The molecule has 2 N–H and O–H groups in total. The Morgan fingerprint density at radius 2 is 1.76 bits per heavy atom. The summed E-state index contributed by atoms with van der Waals surface area (Å²) in [5.74, 6) is 1.63. The van der Waals surface area contributed by atoms with Crippen LogP contribution in [0.3, 0.4) is 0 Å². The van der Waals surface area contributed by atoms with Crippen LogP contribution >= 0.6 is 11.8 Å². The molecule has 7 heteroatoms. The Morgan fingerprint density at radius 3 is 2.36 bits per heavy atom. The number of nitrogens with two attached hydrogens (primary N) is 1. The molecular weight excluding hydrogens is 434 g/mol. The zero-order valence-electron chi connectivity index (χ0n) is 19.4. The van der Waals surface area contributed by atoms with E-state index >= 15 is 0 Å². The zero-order chi connectivity index (χ0) is 24.0. The molecule has 0 bridgehead atoms. The second-order valence-electron chi connectivity index (χ2n) is 7.58. The average Bonchev–Trinajstić information content (AvgIpc) is 2.83. The summed E-state index contributed by atoms with van der Waals surface area (Å²) >= 11 is 1.49. The SMILES string of the molecule is CCCCSC1=C(C#N)C(c2ccccc2OC)C(c2ccccc2OC)=C(C)N1C(N)=O. The predicted molar refractivity (Wildman–Crippen MR) is 133 cm³/mol. The number of carbonyl (C=O) groups excluding carboxylic acids is 1. The van der Waals surface area contributed by atoms with E-state index in [1.807, 2.05) is 55.5 Å². The summed E-state index contributed by atoms with van der Waals surface area (Å²) in [6, 6.07) is 17.0. The molecule has 2 aromatic carbocycles. The maximum absolute atomic E-state index is 12.7. The van der Waals surface area contributed by atoms with Crippen LogP contribution < -0.4 is 15.2 Å². The van der Waals surface area contributed by atoms with Gasteiger partial charge in [0.2, 0.25) is 0 Å². The highest BCUT2D eigenvalue weighted by Gasteiger charge is 2.39. The summed E-state index contributed by atoms with van der Waals surface area (Å²) < 4.78 is 11.3. The highest BCUT2D eigenvalue weighted by atomic mass is 32.2. The van der Waals surface area contributed by atoms with E-state index in [4.69, 9.17) is 15.2 Å². The Bertz CT molecular complexity index is 1130. The smallest absolute Gasteiger partial charge is 0.324 e. The maximum atomic E-state index is 12.7. The molecule has 0 saturated carbocycles. The lowest BCUT2D eigenvalue weighted by Crippen LogP contribution is -2.37. The molecule has 6 nitrogen and oxygen atoms in total. The number of nitriles is 1. The van der Waals surface area contributed by atoms with Gasteiger partial charge < -0.3 is 15.2 Å². The topological polar surface area (TPSA) is 88.6 Å². The first kappa shape index (κ1) is 24.3. The van der Waals surface area contributed by atoms with E-state index in [2.05, 4.69) is 13.0 Å². The van der Waals surface area contributed by atoms with Gasteiger partial charge in [-0.2, -0.15) is 5.26 Å². The minimum absolute atomic E-state index is 0.456. The van der Waals surface area contributed by atoms with Crippen LogP contribution in [0.25, 0.3) is 5.57 Å². The van der Waals surface area contributed by atoms with Crippen molar-refractivity contribution in [1.29, 1.82) is 5.26 Å². The van der Waals surface area contributed by atoms with Crippen LogP contribution in [0, 0.1) is 11.3 Å². The van der Waals surface area contributed by atoms with Gasteiger partial charge >= 0.3 is 6.03 Å². The van der Waals surface area contributed by atoms with Crippen LogP contribution in [0.5, 0.6) is 11.5 Å². The standard InChI is InChI=1S/C26H29N3O3S/c1-5-6-15-33-25-20(16-27)24(19-12-8-10-14-22(19)32-4)23(17(2)29(25)26(28)30)18-11-7-9-13-21(18)31-3/h7-14,24H,5-6,15H2,1-4H3,(H2,28,30). The molecule has 2 amide bonds. The second-order valence-corrected chi connectivity index (χ2v) is 8.66. The molecule has 1 aliphatic rings. The number of benzene rings is 2. The summed E-state index contributed by atoms with van der Waals surface area (Å²) in [5.41, 5.74) is 9.41. The number of nitrogens with zero attached hydrogens (tertiary/aromatic N) is 2. The number of primary amides is 1. The Morgan fingerprint density at radius 1 is 1.12 bits per heavy atom. The number of amides is 2. The number of thioether (sulfide) groups is 1. The van der Waals surface area contributed by atoms with Crippen molar-refractivity contribution in [3.8, 4) is 17.6 Å². The molecule has 0 aromatic heterocycles. The van der Waals surface area contributed by atoms with Crippen LogP contribution in [0.2, 0.25) is 0 Å². The van der Waals surface area contributed by atoms with E-state index in [-0.39, 0.29) is 0 Å². The number of allylic oxidation sites excluding steroid dienone is 3. The summed E-state index contributed by atoms with van der Waals surface area (Å²) in [6.45, 7) is 3.97. The molecule has 0 radical (unpaired) electrons. The third-order valence-corrected chi connectivity index (χ3v) is 6.83. The highest BCUT2D eigenvalue weighted by Crippen LogP contribution is 2.52. The molecule has 1 aliphatic heterocycles. The predicted octanol–water partition coefficient (Wildman–Crippen LogP) is 5.88. The summed E-state index contributed by atoms with van der Waals surface area (Å²) in [4.78, 5) is 14.1. The molecule has 0 fully saturated rings. The maximum Gasteiger partial charge on any atom is 0.324 e. The molecule has 0 spiro atoms. The van der Waals surface area contributed by atoms with Crippen molar-refractivity contribution in [2.24, 2.45) is 5.73 Å². The number of methoxy groups -OCH3 is 2. The lowest BCUT2D eigenvalue weighted by atomic mass is 9.78. The Labute approximate surface area is 199 Å². The second kappa shape index (κ2) is 11.0. The molecule has 1 heterocycles. The summed E-state index contributed by atoms with van der Waals surface area (Å²) in [6.07, 6.45) is 1.97. The van der Waals surface area contributed by atoms with Crippen molar-refractivity contribution in [2.75, 3.05) is 20.0 Å². The first-order chi connectivity index (χ1) is 16.0. The van der Waals surface area contributed by atoms with Crippen molar-refractivity contribution in [1.82, 2.24) is 4.90 Å². The number of hydrogen-bond donors (Lipinski definition) is 1. The van der Waals surface area contributed by atoms with Gasteiger partial charge in [-0.05, 0) is 36.8 Å². The zero-order valence-corrected chi connectivity index (χ0v) is 20.2. The fourth-order valence-corrected chi connectivity index (χ4v) is 5.44.